The molecule has 10 rings (SSSR count). The lowest BCUT2D eigenvalue weighted by Gasteiger charge is -2.42. The average Bonchev–Trinajstić information content (AvgIpc) is 0.784. The number of carbonyl (C=O) groups is 3. The van der Waals surface area contributed by atoms with E-state index in [0.717, 1.165) is 154 Å². The maximum atomic E-state index is 12.0. The molecule has 0 aromatic heterocycles. The predicted octanol–water partition coefficient (Wildman–Crippen LogP) is 29.5. The minimum absolute atomic E-state index is 0. The second kappa shape index (κ2) is 58.2. The van der Waals surface area contributed by atoms with Gasteiger partial charge in [-0.05, 0) is 451 Å². The first kappa shape index (κ1) is 117. The summed E-state index contributed by atoms with van der Waals surface area (Å²) in [7, 11) is 8.76. The lowest BCUT2D eigenvalue weighted by atomic mass is 10.1. The third-order valence-corrected chi connectivity index (χ3v) is 29.6. The molecule has 0 aliphatic rings. The molecule has 0 fully saturated rings. The van der Waals surface area contributed by atoms with Crippen LogP contribution in [0.25, 0.3) is 0 Å². The number of methoxy groups -OCH3 is 2. The van der Waals surface area contributed by atoms with Gasteiger partial charge in [-0.3, -0.25) is 0 Å². The number of carbonyl (C=O) groups excluding carboxylic acids is 3. The van der Waals surface area contributed by atoms with Crippen molar-refractivity contribution in [3.05, 3.63) is 269 Å². The SMILES string of the molecule is C.CC(C)[Si](Oc1ccc(Oc2ccc(CCNC(=O)OC(C)(C)C)cc2I)cc1)(C(C)C)C(C)C.CNCCc1ccc(Oc2ccc(C)cc2)c(I)c1.CNCCc1ccc(Oc2ccc(OC)cc2)c(I)c1.COc1ccc(Oc2ccc(CCN(C)C(=O)OC(C)(C)C)cc2I)cc1.Cc1ccc(Oc2ccc(CCN(C)C(=O)OC(C)(C)C)cc2I)cc1.Cl.Cl. The monoisotopic (exact) mass is 2400 g/mol. The number of hydrogen-bond acceptors (Lipinski definition) is 16. The van der Waals surface area contributed by atoms with Crippen LogP contribution < -0.4 is 53.5 Å². The van der Waals surface area contributed by atoms with E-state index in [-0.39, 0.29) is 44.4 Å². The van der Waals surface area contributed by atoms with Crippen LogP contribution in [0.2, 0.25) is 16.6 Å². The highest BCUT2D eigenvalue weighted by atomic mass is 127. The van der Waals surface area contributed by atoms with E-state index in [1.54, 1.807) is 38.1 Å². The Kier molecular flexibility index (Phi) is 52.3. The van der Waals surface area contributed by atoms with Crippen LogP contribution in [0, 0.1) is 31.7 Å². The number of amides is 3. The minimum Gasteiger partial charge on any atom is -0.543 e. The van der Waals surface area contributed by atoms with Crippen LogP contribution >= 0.6 is 138 Å². The zero-order chi connectivity index (χ0) is 93.8. The van der Waals surface area contributed by atoms with Crippen LogP contribution in [0.15, 0.2) is 212 Å². The summed E-state index contributed by atoms with van der Waals surface area (Å²) in [6.07, 6.45) is 3.28. The van der Waals surface area contributed by atoms with E-state index in [1.807, 2.05) is 234 Å². The number of alkyl carbamates (subject to hydrolysis) is 1. The van der Waals surface area contributed by atoms with Crippen molar-refractivity contribution in [1.82, 2.24) is 25.8 Å². The standard InChI is InChI=1S/C28H42INO4Si.C21H26INO4.C21H26INO3.C16H18INO2.C16H18INO.CH4.2ClH/c1-19(2)35(20(3)4,21(5)6)34-24-13-11-23(12-14-24)32-26-15-10-22(18-25(26)29)16-17-30-27(31)33-28(7,8)9;1-21(2,3)27-20(24)23(4)13-12-15-6-11-19(18(22)14-15)26-17-9-7-16(25-5)8-10-17;1-15-6-9-17(10-7-15)25-19-11-8-16(14-18(19)22)12-13-23(5)20(24)26-21(2,3)4;1-18-10-9-12-3-8-16(15(17)11-12)20-14-6-4-13(19-2)5-7-14;1-12-3-6-14(7-4-12)19-16-8-5-13(9-10-18-2)11-15(16)17;;;/h10-15,18-21H,16-17H2,1-9H3,(H,30,31);6-11,14H,12-13H2,1-5H3;6-11,14H,12-13H2,1-5H3;3-8,11,18H,9-10H2,1-2H3;3-8,11,18H,9-10H2,1-2H3;1H4;2*1H. The second-order valence-corrected chi connectivity index (χ2v) is 45.6. The Hall–Kier alpha value is -7.22. The van der Waals surface area contributed by atoms with Gasteiger partial charge < -0.3 is 77.5 Å². The molecule has 710 valence electrons. The number of rotatable bonds is 32. The number of nitrogens with one attached hydrogen (secondary N) is 3. The van der Waals surface area contributed by atoms with E-state index in [9.17, 15) is 14.4 Å². The summed E-state index contributed by atoms with van der Waals surface area (Å²) >= 11 is 11.5. The highest BCUT2D eigenvalue weighted by Gasteiger charge is 2.47. The molecule has 0 atom stereocenters. The highest BCUT2D eigenvalue weighted by molar-refractivity contribution is 14.1. The maximum Gasteiger partial charge on any atom is 0.410 e. The molecule has 0 heterocycles. The van der Waals surface area contributed by atoms with Crippen LogP contribution in [0.1, 0.15) is 150 Å². The van der Waals surface area contributed by atoms with Crippen molar-refractivity contribution in [3.63, 3.8) is 0 Å². The molecule has 0 unspecified atom stereocenters. The van der Waals surface area contributed by atoms with Crippen molar-refractivity contribution in [2.45, 2.75) is 191 Å². The number of likely N-dealkylation sites (N-methyl/N-ethyl adjacent to an activating group) is 4. The Balaban J connectivity index is 0.000000423. The van der Waals surface area contributed by atoms with E-state index < -0.39 is 31.2 Å². The third-order valence-electron chi connectivity index (χ3n) is 19.4. The number of benzene rings is 10. The molecule has 0 aliphatic heterocycles. The Morgan fingerprint density at radius 3 is 0.808 bits per heavy atom. The Morgan fingerprint density at radius 1 is 0.346 bits per heavy atom. The summed E-state index contributed by atoms with van der Waals surface area (Å²) < 4.78 is 68.2. The summed E-state index contributed by atoms with van der Waals surface area (Å²) in [6.45, 7) is 38.3. The van der Waals surface area contributed by atoms with E-state index >= 15 is 0 Å². The van der Waals surface area contributed by atoms with Gasteiger partial charge in [-0.2, -0.15) is 0 Å². The zero-order valence-electron chi connectivity index (χ0n) is 78.8. The first-order valence-corrected chi connectivity index (χ1v) is 50.2. The van der Waals surface area contributed by atoms with Gasteiger partial charge in [-0.25, -0.2) is 14.4 Å². The molecule has 0 saturated heterocycles. The maximum absolute atomic E-state index is 12.0. The third kappa shape index (κ3) is 42.6. The van der Waals surface area contributed by atoms with E-state index in [0.29, 0.717) is 36.3 Å². The molecule has 10 aromatic carbocycles. The average molecular weight is 2400 g/mol. The van der Waals surface area contributed by atoms with Crippen molar-refractivity contribution < 1.29 is 66.2 Å². The second-order valence-electron chi connectivity index (χ2n) is 34.4. The van der Waals surface area contributed by atoms with Crippen LogP contribution in [0.5, 0.6) is 74.7 Å². The summed E-state index contributed by atoms with van der Waals surface area (Å²) in [5, 5.41) is 9.12. The number of nitrogens with zero attached hydrogens (tertiary/aromatic N) is 2. The van der Waals surface area contributed by atoms with Crippen molar-refractivity contribution in [2.24, 2.45) is 0 Å². The van der Waals surface area contributed by atoms with Gasteiger partial charge in [0.15, 0.2) is 0 Å². The predicted molar refractivity (Wildman–Crippen MR) is 582 cm³/mol. The Bertz CT molecular complexity index is 5020. The topological polar surface area (TPSA) is 195 Å². The van der Waals surface area contributed by atoms with Crippen LogP contribution in [-0.4, -0.2) is 128 Å². The van der Waals surface area contributed by atoms with Gasteiger partial charge in [-0.1, -0.05) is 115 Å². The molecule has 10 aromatic rings. The Labute approximate surface area is 857 Å². The first-order chi connectivity index (χ1) is 60.0. The van der Waals surface area contributed by atoms with Gasteiger partial charge in [0, 0.05) is 33.7 Å². The number of ether oxygens (including phenoxy) is 10. The number of hydrogen-bond donors (Lipinski definition) is 3. The van der Waals surface area contributed by atoms with E-state index in [4.69, 9.17) is 51.8 Å². The van der Waals surface area contributed by atoms with Crippen LogP contribution in [0.3, 0.4) is 0 Å². The van der Waals surface area contributed by atoms with Crippen molar-refractivity contribution >= 4 is 164 Å². The van der Waals surface area contributed by atoms with Crippen LogP contribution in [-0.2, 0) is 46.3 Å². The van der Waals surface area contributed by atoms with Gasteiger partial charge in [0.2, 0.25) is 0 Å². The van der Waals surface area contributed by atoms with Crippen molar-refractivity contribution in [1.29, 1.82) is 0 Å². The van der Waals surface area contributed by atoms with Crippen molar-refractivity contribution in [2.75, 3.05) is 75.1 Å². The molecule has 27 heteroatoms. The zero-order valence-corrected chi connectivity index (χ0v) is 92.2. The molecular weight excluding hydrogens is 2260 g/mol. The van der Waals surface area contributed by atoms with Gasteiger partial charge >= 0.3 is 18.3 Å². The molecule has 130 heavy (non-hydrogen) atoms. The van der Waals surface area contributed by atoms with Crippen LogP contribution in [0.4, 0.5) is 14.4 Å². The smallest absolute Gasteiger partial charge is 0.410 e. The van der Waals surface area contributed by atoms with E-state index in [1.165, 1.54) is 22.3 Å². The summed E-state index contributed by atoms with van der Waals surface area (Å²) in [5.41, 5.74) is 8.62. The van der Waals surface area contributed by atoms with E-state index in [2.05, 4.69) is 239 Å². The van der Waals surface area contributed by atoms with Gasteiger partial charge in [0.1, 0.15) is 91.5 Å². The highest BCUT2D eigenvalue weighted by Crippen LogP contribution is 2.44. The lowest BCUT2D eigenvalue weighted by Crippen LogP contribution is -2.50. The minimum atomic E-state index is -1.98. The number of aryl methyl sites for hydroxylation is 2. The van der Waals surface area contributed by atoms with Gasteiger partial charge in [0.25, 0.3) is 8.32 Å². The molecule has 0 bridgehead atoms. The molecule has 3 amide bonds. The first-order valence-electron chi connectivity index (χ1n) is 42.6. The lowest BCUT2D eigenvalue weighted by molar-refractivity contribution is 0.0290. The summed E-state index contributed by atoms with van der Waals surface area (Å²) in [6, 6.07) is 70.1. The fourth-order valence-electron chi connectivity index (χ4n) is 12.8. The fourth-order valence-corrected chi connectivity index (χ4v) is 21.5. The Morgan fingerprint density at radius 2 is 0.577 bits per heavy atom. The fraction of sp³-hybridized carbons (Fsp3) is 0.388. The quantitative estimate of drug-likeness (QED) is 0.0204. The molecule has 19 nitrogen and oxygen atoms in total. The van der Waals surface area contributed by atoms with Gasteiger partial charge in [0.05, 0.1) is 32.1 Å². The molecule has 0 radical (unpaired) electrons. The summed E-state index contributed by atoms with van der Waals surface area (Å²) in [5.74, 6) is 10.8. The van der Waals surface area contributed by atoms with Gasteiger partial charge in [-0.15, -0.1) is 24.8 Å². The molecule has 3 N–H and O–H groups in total. The summed E-state index contributed by atoms with van der Waals surface area (Å²) in [4.78, 5) is 39.0. The number of halogens is 7. The molecule has 0 spiro atoms. The normalized spacial score (nSPS) is 10.9. The van der Waals surface area contributed by atoms with Crippen molar-refractivity contribution in [3.8, 4) is 74.7 Å². The molecule has 0 aliphatic carbocycles. The molecule has 0 saturated carbocycles. The largest absolute Gasteiger partial charge is 0.543 e. The molecular formula is C103H136Cl2I5N5O14Si.